The second-order valence-corrected chi connectivity index (χ2v) is 8.15. The molecule has 0 fully saturated rings. The molecule has 0 spiro atoms. The lowest BCUT2D eigenvalue weighted by atomic mass is 10.6. The van der Waals surface area contributed by atoms with Crippen LogP contribution >= 0.6 is 22.0 Å². The molecule has 0 unspecified atom stereocenters. The fraction of sp³-hybridized carbons (Fsp3) is 0.400. The normalized spacial score (nSPS) is 13.0. The maximum atomic E-state index is 12.0. The molecule has 0 aliphatic heterocycles. The Morgan fingerprint density at radius 2 is 1.88 bits per heavy atom. The van der Waals surface area contributed by atoms with Crippen LogP contribution < -0.4 is 4.72 Å². The fourth-order valence-corrected chi connectivity index (χ4v) is 3.92. The molecular formula is C5H5ClF2N2O4S3. The second kappa shape index (κ2) is 4.63. The van der Waals surface area contributed by atoms with E-state index in [1.165, 1.54) is 11.6 Å². The van der Waals surface area contributed by atoms with Gasteiger partial charge in [0.2, 0.25) is 0 Å². The van der Waals surface area contributed by atoms with Crippen molar-refractivity contribution in [3.05, 3.63) is 5.69 Å². The van der Waals surface area contributed by atoms with Gasteiger partial charge in [-0.3, -0.25) is 4.72 Å². The minimum atomic E-state index is -4.87. The molecule has 6 nitrogen and oxygen atoms in total. The molecule has 0 aliphatic carbocycles. The summed E-state index contributed by atoms with van der Waals surface area (Å²) in [4.78, 5) is 3.48. The van der Waals surface area contributed by atoms with Gasteiger partial charge >= 0.3 is 5.76 Å². The van der Waals surface area contributed by atoms with Crippen molar-refractivity contribution in [3.63, 3.8) is 0 Å². The Balaban J connectivity index is 3.13. The molecule has 0 bridgehead atoms. The number of rotatable bonds is 4. The minimum Gasteiger partial charge on any atom is -0.254 e. The minimum absolute atomic E-state index is 0.0723. The van der Waals surface area contributed by atoms with E-state index in [0.29, 0.717) is 11.3 Å². The van der Waals surface area contributed by atoms with Gasteiger partial charge in [-0.1, -0.05) is 11.3 Å². The second-order valence-electron chi connectivity index (χ2n) is 2.74. The summed E-state index contributed by atoms with van der Waals surface area (Å²) in [7, 11) is -3.93. The van der Waals surface area contributed by atoms with Crippen molar-refractivity contribution < 1.29 is 25.6 Å². The van der Waals surface area contributed by atoms with Gasteiger partial charge in [0.25, 0.3) is 19.1 Å². The average molecular weight is 327 g/mol. The molecule has 1 aromatic heterocycles. The molecule has 98 valence electrons. The molecular weight excluding hydrogens is 322 g/mol. The summed E-state index contributed by atoms with van der Waals surface area (Å²) in [6, 6.07) is 0. The number of nitrogens with one attached hydrogen (secondary N) is 1. The highest BCUT2D eigenvalue weighted by atomic mass is 35.7. The standard InChI is InChI=1S/C5H5ClF2N2O4S3/c1-2-3(16(6,11)12)15-5(9-2)10-17(13,14)4(7)8/h4H,1H3,(H,9,10). The van der Waals surface area contributed by atoms with Crippen LogP contribution in [0.25, 0.3) is 0 Å². The van der Waals surface area contributed by atoms with Crippen molar-refractivity contribution in [2.75, 3.05) is 4.72 Å². The van der Waals surface area contributed by atoms with E-state index in [9.17, 15) is 25.6 Å². The van der Waals surface area contributed by atoms with Crippen molar-refractivity contribution in [1.82, 2.24) is 4.98 Å². The quantitative estimate of drug-likeness (QED) is 0.843. The molecule has 1 aromatic rings. The van der Waals surface area contributed by atoms with Crippen LogP contribution in [0.3, 0.4) is 0 Å². The molecule has 1 rings (SSSR count). The van der Waals surface area contributed by atoms with E-state index >= 15 is 0 Å². The third-order valence-corrected chi connectivity index (χ3v) is 5.77. The van der Waals surface area contributed by atoms with Gasteiger partial charge in [-0.05, 0) is 6.92 Å². The molecule has 0 aromatic carbocycles. The zero-order chi connectivity index (χ0) is 13.4. The number of thiazole rings is 1. The van der Waals surface area contributed by atoms with Gasteiger partial charge in [-0.15, -0.1) is 0 Å². The molecule has 17 heavy (non-hydrogen) atoms. The van der Waals surface area contributed by atoms with Crippen LogP contribution in [0.15, 0.2) is 4.21 Å². The molecule has 0 atom stereocenters. The molecule has 12 heteroatoms. The first-order chi connectivity index (χ1) is 7.54. The van der Waals surface area contributed by atoms with Crippen LogP contribution in [0, 0.1) is 6.92 Å². The van der Waals surface area contributed by atoms with Gasteiger partial charge in [0.05, 0.1) is 5.69 Å². The van der Waals surface area contributed by atoms with Gasteiger partial charge in [0.15, 0.2) is 9.34 Å². The number of hydrogen-bond acceptors (Lipinski definition) is 6. The number of alkyl halides is 2. The van der Waals surface area contributed by atoms with Crippen molar-refractivity contribution in [1.29, 1.82) is 0 Å². The van der Waals surface area contributed by atoms with E-state index in [-0.39, 0.29) is 5.69 Å². The van der Waals surface area contributed by atoms with E-state index in [4.69, 9.17) is 10.7 Å². The summed E-state index contributed by atoms with van der Waals surface area (Å²) in [5, 5.41) is -0.484. The lowest BCUT2D eigenvalue weighted by Gasteiger charge is -2.01. The smallest absolute Gasteiger partial charge is 0.254 e. The van der Waals surface area contributed by atoms with E-state index in [1.54, 1.807) is 0 Å². The topological polar surface area (TPSA) is 93.2 Å². The lowest BCUT2D eigenvalue weighted by molar-refractivity contribution is 0.236. The number of nitrogens with zero attached hydrogens (tertiary/aromatic N) is 1. The van der Waals surface area contributed by atoms with Gasteiger partial charge in [-0.2, -0.15) is 8.78 Å². The summed E-state index contributed by atoms with van der Waals surface area (Å²) in [6.07, 6.45) is 0. The molecule has 0 amide bonds. The lowest BCUT2D eigenvalue weighted by Crippen LogP contribution is -2.20. The molecule has 1 heterocycles. The van der Waals surface area contributed by atoms with Crippen LogP contribution in [0.1, 0.15) is 5.69 Å². The molecule has 0 aliphatic rings. The van der Waals surface area contributed by atoms with Crippen molar-refractivity contribution in [3.8, 4) is 0 Å². The Hall–Kier alpha value is -0.520. The zero-order valence-corrected chi connectivity index (χ0v) is 11.2. The van der Waals surface area contributed by atoms with E-state index in [1.807, 2.05) is 0 Å². The molecule has 0 radical (unpaired) electrons. The van der Waals surface area contributed by atoms with E-state index in [2.05, 4.69) is 4.98 Å². The van der Waals surface area contributed by atoms with Crippen molar-refractivity contribution >= 4 is 46.2 Å². The highest BCUT2D eigenvalue weighted by Gasteiger charge is 2.27. The summed E-state index contributed by atoms with van der Waals surface area (Å²) in [6.45, 7) is 1.26. The molecule has 0 saturated carbocycles. The largest absolute Gasteiger partial charge is 0.355 e. The maximum Gasteiger partial charge on any atom is 0.355 e. The first-order valence-corrected chi connectivity index (χ1v) is 8.43. The Morgan fingerprint density at radius 3 is 2.24 bits per heavy atom. The summed E-state index contributed by atoms with van der Waals surface area (Å²) >= 11 is 0.356. The van der Waals surface area contributed by atoms with Crippen LogP contribution in [0.4, 0.5) is 13.9 Å². The highest BCUT2D eigenvalue weighted by molar-refractivity contribution is 8.15. The van der Waals surface area contributed by atoms with Crippen LogP contribution in [-0.2, 0) is 19.1 Å². The number of halogens is 3. The van der Waals surface area contributed by atoms with Crippen molar-refractivity contribution in [2.24, 2.45) is 0 Å². The predicted molar refractivity (Wildman–Crippen MR) is 58.4 cm³/mol. The number of anilines is 1. The number of hydrogen-bond donors (Lipinski definition) is 1. The Bertz CT molecular complexity index is 624. The van der Waals surface area contributed by atoms with Gasteiger partial charge in [-0.25, -0.2) is 21.8 Å². The van der Waals surface area contributed by atoms with Gasteiger partial charge < -0.3 is 0 Å². The first kappa shape index (κ1) is 14.5. The molecule has 1 N–H and O–H groups in total. The summed E-state index contributed by atoms with van der Waals surface area (Å²) in [5.41, 5.74) is -0.0723. The van der Waals surface area contributed by atoms with Gasteiger partial charge in [0.1, 0.15) is 0 Å². The summed E-state index contributed by atoms with van der Waals surface area (Å²) in [5.74, 6) is -3.64. The van der Waals surface area contributed by atoms with Crippen molar-refractivity contribution in [2.45, 2.75) is 16.9 Å². The summed E-state index contributed by atoms with van der Waals surface area (Å²) < 4.78 is 68.6. The molecule has 0 saturated heterocycles. The monoisotopic (exact) mass is 326 g/mol. The Labute approximate surface area is 104 Å². The van der Waals surface area contributed by atoms with E-state index in [0.717, 1.165) is 0 Å². The van der Waals surface area contributed by atoms with Crippen LogP contribution in [-0.4, -0.2) is 27.6 Å². The SMILES string of the molecule is Cc1nc(NS(=O)(=O)C(F)F)sc1S(=O)(=O)Cl. The fourth-order valence-electron chi connectivity index (χ4n) is 0.819. The number of aromatic nitrogens is 1. The Kier molecular flexibility index (Phi) is 3.96. The third kappa shape index (κ3) is 3.47. The number of sulfonamides is 1. The van der Waals surface area contributed by atoms with Crippen LogP contribution in [0.5, 0.6) is 0 Å². The maximum absolute atomic E-state index is 12.0. The van der Waals surface area contributed by atoms with Crippen LogP contribution in [0.2, 0.25) is 0 Å². The zero-order valence-electron chi connectivity index (χ0n) is 8.02. The number of aryl methyl sites for hydroxylation is 1. The average Bonchev–Trinajstić information content (AvgIpc) is 2.44. The predicted octanol–water partition coefficient (Wildman–Crippen LogP) is 1.34. The van der Waals surface area contributed by atoms with Gasteiger partial charge in [0, 0.05) is 10.7 Å². The highest BCUT2D eigenvalue weighted by Crippen LogP contribution is 2.30. The van der Waals surface area contributed by atoms with E-state index < -0.39 is 34.2 Å². The third-order valence-electron chi connectivity index (χ3n) is 1.44. The Morgan fingerprint density at radius 1 is 1.35 bits per heavy atom. The first-order valence-electron chi connectivity index (χ1n) is 3.76.